The van der Waals surface area contributed by atoms with Crippen LogP contribution in [-0.4, -0.2) is 51.2 Å². The molecule has 5 rings (SSSR count). The maximum absolute atomic E-state index is 5.06. The molecule has 0 radical (unpaired) electrons. The van der Waals surface area contributed by atoms with Gasteiger partial charge in [0.1, 0.15) is 17.0 Å². The number of anilines is 1. The molecule has 25 heavy (non-hydrogen) atoms. The van der Waals surface area contributed by atoms with E-state index < -0.39 is 0 Å². The minimum atomic E-state index is 0.628. The molecule has 0 aromatic carbocycles. The largest absolute Gasteiger partial charge is 0.353 e. The Labute approximate surface area is 149 Å². The topological polar surface area (TPSA) is 71.2 Å². The molecule has 130 valence electrons. The van der Waals surface area contributed by atoms with Crippen LogP contribution in [0.5, 0.6) is 0 Å². The van der Waals surface area contributed by atoms with Crippen LogP contribution in [0, 0.1) is 6.92 Å². The van der Waals surface area contributed by atoms with E-state index in [1.807, 2.05) is 18.3 Å². The van der Waals surface area contributed by atoms with Crippen molar-refractivity contribution in [3.8, 4) is 0 Å². The molecule has 7 nitrogen and oxygen atoms in total. The highest BCUT2D eigenvalue weighted by molar-refractivity contribution is 7.19. The van der Waals surface area contributed by atoms with Crippen LogP contribution in [0.4, 0.5) is 5.82 Å². The lowest BCUT2D eigenvalue weighted by molar-refractivity contribution is 0.239. The molecule has 1 aliphatic heterocycles. The summed E-state index contributed by atoms with van der Waals surface area (Å²) >= 11 is 1.85. The molecular formula is C17H20N6OS. The summed E-state index contributed by atoms with van der Waals surface area (Å²) in [5, 5.41) is 5.31. The van der Waals surface area contributed by atoms with E-state index >= 15 is 0 Å². The molecule has 0 amide bonds. The van der Waals surface area contributed by atoms with Crippen molar-refractivity contribution in [2.24, 2.45) is 0 Å². The van der Waals surface area contributed by atoms with E-state index in [2.05, 4.69) is 29.9 Å². The summed E-state index contributed by atoms with van der Waals surface area (Å²) in [5.74, 6) is 2.52. The van der Waals surface area contributed by atoms with Crippen LogP contribution in [0.25, 0.3) is 10.2 Å². The second kappa shape index (κ2) is 6.03. The third kappa shape index (κ3) is 2.69. The lowest BCUT2D eigenvalue weighted by Crippen LogP contribution is -2.46. The van der Waals surface area contributed by atoms with Gasteiger partial charge in [-0.25, -0.2) is 9.97 Å². The van der Waals surface area contributed by atoms with E-state index in [1.165, 1.54) is 35.1 Å². The van der Waals surface area contributed by atoms with E-state index in [0.29, 0.717) is 5.89 Å². The Hall–Kier alpha value is -2.06. The Morgan fingerprint density at radius 2 is 2.04 bits per heavy atom. The number of hydrogen-bond acceptors (Lipinski definition) is 8. The highest BCUT2D eigenvalue weighted by atomic mass is 32.1. The van der Waals surface area contributed by atoms with Crippen LogP contribution >= 0.6 is 11.3 Å². The summed E-state index contributed by atoms with van der Waals surface area (Å²) in [6.07, 6.45) is 5.36. The third-order valence-electron chi connectivity index (χ3n) is 5.09. The second-order valence-electron chi connectivity index (χ2n) is 6.73. The quantitative estimate of drug-likeness (QED) is 0.712. The van der Waals surface area contributed by atoms with Gasteiger partial charge in [0.05, 0.1) is 11.9 Å². The van der Waals surface area contributed by atoms with Gasteiger partial charge in [-0.15, -0.1) is 11.3 Å². The summed E-state index contributed by atoms with van der Waals surface area (Å²) in [7, 11) is 0. The van der Waals surface area contributed by atoms with Gasteiger partial charge >= 0.3 is 0 Å². The average molecular weight is 356 g/mol. The lowest BCUT2D eigenvalue weighted by atomic mass is 10.1. The van der Waals surface area contributed by atoms with Crippen LogP contribution in [0.3, 0.4) is 0 Å². The van der Waals surface area contributed by atoms with Crippen molar-refractivity contribution in [1.82, 2.24) is 25.0 Å². The molecule has 2 aliphatic rings. The van der Waals surface area contributed by atoms with Crippen molar-refractivity contribution >= 4 is 27.4 Å². The smallest absolute Gasteiger partial charge is 0.223 e. The Balaban J connectivity index is 1.35. The van der Waals surface area contributed by atoms with Gasteiger partial charge in [0.2, 0.25) is 5.89 Å². The molecule has 3 aromatic heterocycles. The summed E-state index contributed by atoms with van der Waals surface area (Å²) in [4.78, 5) is 20.9. The molecule has 1 aliphatic carbocycles. The van der Waals surface area contributed by atoms with Gasteiger partial charge in [-0.05, 0) is 24.8 Å². The number of thiophene rings is 1. The van der Waals surface area contributed by atoms with Crippen molar-refractivity contribution < 1.29 is 4.52 Å². The molecule has 0 N–H and O–H groups in total. The predicted octanol–water partition coefficient (Wildman–Crippen LogP) is 2.19. The first-order chi connectivity index (χ1) is 12.3. The Kier molecular flexibility index (Phi) is 3.67. The molecule has 0 bridgehead atoms. The normalized spacial score (nSPS) is 18.2. The first kappa shape index (κ1) is 15.2. The molecule has 3 aromatic rings. The predicted molar refractivity (Wildman–Crippen MR) is 96.0 cm³/mol. The maximum atomic E-state index is 5.06. The van der Waals surface area contributed by atoms with Crippen molar-refractivity contribution in [3.63, 3.8) is 0 Å². The summed E-state index contributed by atoms with van der Waals surface area (Å²) < 4.78 is 5.06. The third-order valence-corrected chi connectivity index (χ3v) is 6.29. The zero-order valence-corrected chi connectivity index (χ0v) is 15.1. The Bertz CT molecular complexity index is 911. The van der Waals surface area contributed by atoms with Crippen LogP contribution in [0.15, 0.2) is 10.9 Å². The van der Waals surface area contributed by atoms with Crippen molar-refractivity contribution in [2.75, 3.05) is 31.1 Å². The number of hydrogen-bond donors (Lipinski definition) is 0. The van der Waals surface area contributed by atoms with Gasteiger partial charge in [0.25, 0.3) is 0 Å². The number of rotatable bonds is 3. The fourth-order valence-corrected chi connectivity index (χ4v) is 5.10. The molecule has 0 unspecified atom stereocenters. The number of fused-ring (bicyclic) bond motifs is 3. The van der Waals surface area contributed by atoms with Gasteiger partial charge in [-0.2, -0.15) is 4.98 Å². The van der Waals surface area contributed by atoms with Crippen LogP contribution in [0.1, 0.15) is 28.6 Å². The minimum absolute atomic E-state index is 0.628. The summed E-state index contributed by atoms with van der Waals surface area (Å²) in [6.45, 7) is 6.46. The van der Waals surface area contributed by atoms with Crippen LogP contribution in [0.2, 0.25) is 0 Å². The molecule has 0 spiro atoms. The Morgan fingerprint density at radius 3 is 2.84 bits per heavy atom. The van der Waals surface area contributed by atoms with Crippen molar-refractivity contribution in [2.45, 2.75) is 32.7 Å². The monoisotopic (exact) mass is 356 g/mol. The fraction of sp³-hybridized carbons (Fsp3) is 0.529. The van der Waals surface area contributed by atoms with Gasteiger partial charge in [0.15, 0.2) is 5.82 Å². The van der Waals surface area contributed by atoms with Crippen LogP contribution < -0.4 is 4.90 Å². The van der Waals surface area contributed by atoms with E-state index in [4.69, 9.17) is 4.52 Å². The maximum Gasteiger partial charge on any atom is 0.223 e. The highest BCUT2D eigenvalue weighted by Gasteiger charge is 2.26. The zero-order chi connectivity index (χ0) is 16.8. The van der Waals surface area contributed by atoms with Crippen molar-refractivity contribution in [1.29, 1.82) is 0 Å². The molecular weight excluding hydrogens is 336 g/mol. The fourth-order valence-electron chi connectivity index (χ4n) is 3.88. The molecule has 1 saturated heterocycles. The molecule has 0 atom stereocenters. The SMILES string of the molecule is Cc1nc(CN2CCN(c3ncnc4sc5c(c34)CCC5)CC2)no1. The number of aromatic nitrogens is 4. The highest BCUT2D eigenvalue weighted by Crippen LogP contribution is 2.40. The number of aryl methyl sites for hydroxylation is 3. The number of nitrogens with zero attached hydrogens (tertiary/aromatic N) is 6. The second-order valence-corrected chi connectivity index (χ2v) is 7.81. The van der Waals surface area contributed by atoms with Crippen LogP contribution in [-0.2, 0) is 19.4 Å². The first-order valence-electron chi connectivity index (χ1n) is 8.79. The van der Waals surface area contributed by atoms with Gasteiger partial charge in [0, 0.05) is 38.0 Å². The average Bonchev–Trinajstić information content (AvgIpc) is 3.31. The zero-order valence-electron chi connectivity index (χ0n) is 14.2. The van der Waals surface area contributed by atoms with E-state index in [0.717, 1.165) is 49.2 Å². The van der Waals surface area contributed by atoms with Gasteiger partial charge < -0.3 is 9.42 Å². The molecule has 8 heteroatoms. The first-order valence-corrected chi connectivity index (χ1v) is 9.61. The van der Waals surface area contributed by atoms with E-state index in [9.17, 15) is 0 Å². The standard InChI is InChI=1S/C17H20N6OS/c1-11-20-14(21-24-11)9-22-5-7-23(8-6-22)16-15-12-3-2-4-13(12)25-17(15)19-10-18-16/h10H,2-9H2,1H3. The van der Waals surface area contributed by atoms with E-state index in [1.54, 1.807) is 6.33 Å². The summed E-state index contributed by atoms with van der Waals surface area (Å²) in [5.41, 5.74) is 1.50. The molecule has 0 saturated carbocycles. The van der Waals surface area contributed by atoms with Gasteiger partial charge in [-0.3, -0.25) is 4.90 Å². The molecule has 4 heterocycles. The molecule has 1 fully saturated rings. The number of piperazine rings is 1. The minimum Gasteiger partial charge on any atom is -0.353 e. The van der Waals surface area contributed by atoms with Crippen molar-refractivity contribution in [3.05, 3.63) is 28.5 Å². The van der Waals surface area contributed by atoms with E-state index in [-0.39, 0.29) is 0 Å². The van der Waals surface area contributed by atoms with Gasteiger partial charge in [-0.1, -0.05) is 5.16 Å². The lowest BCUT2D eigenvalue weighted by Gasteiger charge is -2.35. The Morgan fingerprint density at radius 1 is 1.16 bits per heavy atom. The summed E-state index contributed by atoms with van der Waals surface area (Å²) in [6, 6.07) is 0.